The van der Waals surface area contributed by atoms with E-state index >= 15 is 0 Å². The molecule has 2 N–H and O–H groups in total. The highest BCUT2D eigenvalue weighted by Gasteiger charge is 2.26. The molecule has 1 atom stereocenters. The molecule has 96 valence electrons. The minimum atomic E-state index is -0.537. The first kappa shape index (κ1) is 12.6. The summed E-state index contributed by atoms with van der Waals surface area (Å²) in [7, 11) is 0. The van der Waals surface area contributed by atoms with Gasteiger partial charge in [-0.2, -0.15) is 0 Å². The smallest absolute Gasteiger partial charge is 0.309 e. The van der Waals surface area contributed by atoms with E-state index in [1.165, 1.54) is 0 Å². The number of carbonyl (C=O) groups is 2. The summed E-state index contributed by atoms with van der Waals surface area (Å²) in [4.78, 5) is 22.9. The molecule has 1 aliphatic carbocycles. The first-order valence-corrected chi connectivity index (χ1v) is 6.30. The summed E-state index contributed by atoms with van der Waals surface area (Å²) >= 11 is 0. The van der Waals surface area contributed by atoms with Crippen molar-refractivity contribution in [1.82, 2.24) is 10.6 Å². The third-order valence-corrected chi connectivity index (χ3v) is 3.06. The second-order valence-corrected chi connectivity index (χ2v) is 4.77. The highest BCUT2D eigenvalue weighted by molar-refractivity contribution is 6.35. The predicted octanol–water partition coefficient (Wildman–Crippen LogP) is 1.18. The zero-order valence-electron chi connectivity index (χ0n) is 10.5. The zero-order valence-corrected chi connectivity index (χ0v) is 10.5. The van der Waals surface area contributed by atoms with Crippen molar-refractivity contribution in [3.63, 3.8) is 0 Å². The van der Waals surface area contributed by atoms with Gasteiger partial charge in [-0.1, -0.05) is 37.3 Å². The average molecular weight is 246 g/mol. The lowest BCUT2D eigenvalue weighted by Crippen LogP contribution is -2.41. The molecule has 0 spiro atoms. The number of hydrogen-bond donors (Lipinski definition) is 2. The van der Waals surface area contributed by atoms with Crippen molar-refractivity contribution in [2.75, 3.05) is 6.54 Å². The lowest BCUT2D eigenvalue weighted by Gasteiger charge is -2.12. The van der Waals surface area contributed by atoms with E-state index in [9.17, 15) is 9.59 Å². The van der Waals surface area contributed by atoms with E-state index in [0.29, 0.717) is 6.54 Å². The first-order valence-electron chi connectivity index (χ1n) is 6.30. The van der Waals surface area contributed by atoms with Gasteiger partial charge >= 0.3 is 11.8 Å². The van der Waals surface area contributed by atoms with Crippen molar-refractivity contribution >= 4 is 11.8 Å². The Labute approximate surface area is 107 Å². The second kappa shape index (κ2) is 5.67. The minimum Gasteiger partial charge on any atom is -0.347 e. The van der Waals surface area contributed by atoms with Gasteiger partial charge in [0.2, 0.25) is 0 Å². The van der Waals surface area contributed by atoms with Crippen LogP contribution in [0.4, 0.5) is 0 Å². The van der Waals surface area contributed by atoms with Gasteiger partial charge in [-0.25, -0.2) is 0 Å². The van der Waals surface area contributed by atoms with E-state index in [-0.39, 0.29) is 12.0 Å². The third kappa shape index (κ3) is 3.58. The van der Waals surface area contributed by atoms with Crippen LogP contribution in [0.15, 0.2) is 30.3 Å². The molecule has 0 heterocycles. The lowest BCUT2D eigenvalue weighted by molar-refractivity contribution is -0.139. The van der Waals surface area contributed by atoms with Gasteiger partial charge in [0.05, 0.1) is 0 Å². The van der Waals surface area contributed by atoms with Gasteiger partial charge in [0.15, 0.2) is 0 Å². The number of rotatable bonds is 4. The fourth-order valence-electron chi connectivity index (χ4n) is 1.70. The van der Waals surface area contributed by atoms with Crippen LogP contribution >= 0.6 is 0 Å². The Kier molecular flexibility index (Phi) is 3.97. The summed E-state index contributed by atoms with van der Waals surface area (Å²) in [6.07, 6.45) is 1.97. The van der Waals surface area contributed by atoms with Gasteiger partial charge in [-0.05, 0) is 24.3 Å². The molecule has 0 bridgehead atoms. The Morgan fingerprint density at radius 2 is 1.89 bits per heavy atom. The van der Waals surface area contributed by atoms with Crippen LogP contribution in [0.2, 0.25) is 0 Å². The van der Waals surface area contributed by atoms with Gasteiger partial charge in [0, 0.05) is 12.6 Å². The van der Waals surface area contributed by atoms with Crippen LogP contribution in [0.1, 0.15) is 31.2 Å². The van der Waals surface area contributed by atoms with Crippen LogP contribution in [0, 0.1) is 0 Å². The Morgan fingerprint density at radius 1 is 1.22 bits per heavy atom. The normalized spacial score (nSPS) is 15.8. The summed E-state index contributed by atoms with van der Waals surface area (Å²) in [5.74, 6) is -0.855. The summed E-state index contributed by atoms with van der Waals surface area (Å²) in [5.41, 5.74) is 1.15. The molecule has 2 amide bonds. The number of amides is 2. The van der Waals surface area contributed by atoms with E-state index in [1.807, 2.05) is 37.3 Å². The standard InChI is InChI=1S/C14H18N2O2/c1-10(11-5-3-2-4-6-11)9-15-13(17)14(18)16-12-7-8-12/h2-6,10,12H,7-9H2,1H3,(H,15,17)(H,16,18)/t10-/m1/s1. The van der Waals surface area contributed by atoms with E-state index in [2.05, 4.69) is 10.6 Å². The highest BCUT2D eigenvalue weighted by Crippen LogP contribution is 2.18. The molecule has 1 fully saturated rings. The molecule has 0 radical (unpaired) electrons. The predicted molar refractivity (Wildman–Crippen MR) is 69.0 cm³/mol. The molecule has 4 heteroatoms. The lowest BCUT2D eigenvalue weighted by atomic mass is 10.0. The van der Waals surface area contributed by atoms with E-state index in [4.69, 9.17) is 0 Å². The van der Waals surface area contributed by atoms with E-state index < -0.39 is 11.8 Å². The molecule has 18 heavy (non-hydrogen) atoms. The molecule has 0 aromatic heterocycles. The Bertz CT molecular complexity index is 427. The Balaban J connectivity index is 1.76. The van der Waals surface area contributed by atoms with Crippen LogP contribution in [0.5, 0.6) is 0 Å². The van der Waals surface area contributed by atoms with Crippen LogP contribution in [-0.2, 0) is 9.59 Å². The van der Waals surface area contributed by atoms with Crippen molar-refractivity contribution < 1.29 is 9.59 Å². The molecular weight excluding hydrogens is 228 g/mol. The van der Waals surface area contributed by atoms with Gasteiger partial charge in [-0.15, -0.1) is 0 Å². The topological polar surface area (TPSA) is 58.2 Å². The average Bonchev–Trinajstić information content (AvgIpc) is 3.20. The third-order valence-electron chi connectivity index (χ3n) is 3.06. The van der Waals surface area contributed by atoms with Crippen molar-refractivity contribution in [2.45, 2.75) is 31.7 Å². The van der Waals surface area contributed by atoms with Crippen LogP contribution in [0.25, 0.3) is 0 Å². The molecule has 1 aliphatic rings. The van der Waals surface area contributed by atoms with Crippen molar-refractivity contribution in [3.8, 4) is 0 Å². The van der Waals surface area contributed by atoms with Gasteiger partial charge < -0.3 is 10.6 Å². The van der Waals surface area contributed by atoms with Gasteiger partial charge in [0.1, 0.15) is 0 Å². The molecule has 1 saturated carbocycles. The number of nitrogens with one attached hydrogen (secondary N) is 2. The summed E-state index contributed by atoms with van der Waals surface area (Å²) in [6.45, 7) is 2.50. The van der Waals surface area contributed by atoms with E-state index in [1.54, 1.807) is 0 Å². The first-order chi connectivity index (χ1) is 8.66. The second-order valence-electron chi connectivity index (χ2n) is 4.77. The zero-order chi connectivity index (χ0) is 13.0. The van der Waals surface area contributed by atoms with Gasteiger partial charge in [-0.3, -0.25) is 9.59 Å². The fourth-order valence-corrected chi connectivity index (χ4v) is 1.70. The van der Waals surface area contributed by atoms with Crippen LogP contribution in [-0.4, -0.2) is 24.4 Å². The van der Waals surface area contributed by atoms with Crippen LogP contribution in [0.3, 0.4) is 0 Å². The molecule has 1 aromatic carbocycles. The molecule has 0 saturated heterocycles. The molecular formula is C14H18N2O2. The fraction of sp³-hybridized carbons (Fsp3) is 0.429. The molecule has 2 rings (SSSR count). The summed E-state index contributed by atoms with van der Waals surface area (Å²) in [5, 5.41) is 5.33. The van der Waals surface area contributed by atoms with E-state index in [0.717, 1.165) is 18.4 Å². The van der Waals surface area contributed by atoms with Crippen LogP contribution < -0.4 is 10.6 Å². The molecule has 1 aromatic rings. The highest BCUT2D eigenvalue weighted by atomic mass is 16.2. The minimum absolute atomic E-state index is 0.198. The monoisotopic (exact) mass is 246 g/mol. The molecule has 4 nitrogen and oxygen atoms in total. The molecule has 0 aliphatic heterocycles. The molecule has 0 unspecified atom stereocenters. The number of carbonyl (C=O) groups excluding carboxylic acids is 2. The maximum Gasteiger partial charge on any atom is 0.309 e. The Morgan fingerprint density at radius 3 is 2.50 bits per heavy atom. The summed E-state index contributed by atoms with van der Waals surface area (Å²) < 4.78 is 0. The van der Waals surface area contributed by atoms with Crippen molar-refractivity contribution in [2.24, 2.45) is 0 Å². The number of benzene rings is 1. The Hall–Kier alpha value is -1.84. The summed E-state index contributed by atoms with van der Waals surface area (Å²) in [6, 6.07) is 10.1. The van der Waals surface area contributed by atoms with Crippen molar-refractivity contribution in [1.29, 1.82) is 0 Å². The number of hydrogen-bond acceptors (Lipinski definition) is 2. The maximum absolute atomic E-state index is 11.5. The quantitative estimate of drug-likeness (QED) is 0.784. The largest absolute Gasteiger partial charge is 0.347 e. The SMILES string of the molecule is C[C@H](CNC(=O)C(=O)NC1CC1)c1ccccc1. The maximum atomic E-state index is 11.5. The van der Waals surface area contributed by atoms with Crippen molar-refractivity contribution in [3.05, 3.63) is 35.9 Å². The van der Waals surface area contributed by atoms with Gasteiger partial charge in [0.25, 0.3) is 0 Å².